The first-order chi connectivity index (χ1) is 13.5. The topological polar surface area (TPSA) is 91.1 Å². The number of carbonyl (C=O) groups is 1. The van der Waals surface area contributed by atoms with Gasteiger partial charge in [-0.2, -0.15) is 0 Å². The maximum atomic E-state index is 13.4. The van der Waals surface area contributed by atoms with Crippen LogP contribution in [0.1, 0.15) is 30.3 Å². The largest absolute Gasteiger partial charge is 0.396 e. The van der Waals surface area contributed by atoms with Gasteiger partial charge < -0.3 is 21.1 Å². The number of carbonyl (C=O) groups excluding carboxylic acids is 1. The number of hydrogen-bond donors (Lipinski definition) is 4. The number of H-pyrrole nitrogens is 1. The summed E-state index contributed by atoms with van der Waals surface area (Å²) >= 11 is 0. The maximum Gasteiger partial charge on any atom is 0.268 e. The van der Waals surface area contributed by atoms with E-state index in [4.69, 9.17) is 5.73 Å². The van der Waals surface area contributed by atoms with E-state index < -0.39 is 0 Å². The van der Waals surface area contributed by atoms with Crippen LogP contribution in [0, 0.1) is 11.7 Å². The Morgan fingerprint density at radius 2 is 1.93 bits per heavy atom. The molecule has 0 saturated heterocycles. The quantitative estimate of drug-likeness (QED) is 0.480. The minimum absolute atomic E-state index is 0.0921. The van der Waals surface area contributed by atoms with Crippen LogP contribution in [0.4, 0.5) is 4.39 Å². The molecule has 0 aliphatic carbocycles. The number of nitrogens with two attached hydrogens (primary N) is 1. The number of nitrogens with one attached hydrogen (secondary N) is 2. The summed E-state index contributed by atoms with van der Waals surface area (Å²) in [7, 11) is 0. The smallest absolute Gasteiger partial charge is 0.268 e. The van der Waals surface area contributed by atoms with Crippen molar-refractivity contribution in [1.82, 2.24) is 10.3 Å². The Labute approximate surface area is 163 Å². The minimum Gasteiger partial charge on any atom is -0.396 e. The average molecular weight is 383 g/mol. The molecule has 2 aromatic carbocycles. The van der Waals surface area contributed by atoms with E-state index >= 15 is 0 Å². The zero-order chi connectivity index (χ0) is 20.1. The van der Waals surface area contributed by atoms with Crippen LogP contribution in [-0.4, -0.2) is 35.2 Å². The van der Waals surface area contributed by atoms with Crippen LogP contribution in [0.5, 0.6) is 0 Å². The van der Waals surface area contributed by atoms with Crippen LogP contribution in [0.25, 0.3) is 22.0 Å². The molecule has 148 valence electrons. The fourth-order valence-electron chi connectivity index (χ4n) is 3.42. The number of halogens is 1. The maximum absolute atomic E-state index is 13.4. The first-order valence-electron chi connectivity index (χ1n) is 9.54. The normalized spacial score (nSPS) is 13.4. The number of aromatic nitrogens is 1. The monoisotopic (exact) mass is 383 g/mol. The zero-order valence-electron chi connectivity index (χ0n) is 15.9. The zero-order valence-corrected chi connectivity index (χ0v) is 15.9. The summed E-state index contributed by atoms with van der Waals surface area (Å²) in [6, 6.07) is 13.5. The van der Waals surface area contributed by atoms with Gasteiger partial charge in [0.25, 0.3) is 5.91 Å². The molecule has 28 heavy (non-hydrogen) atoms. The molecule has 1 unspecified atom stereocenters. The third-order valence-electron chi connectivity index (χ3n) is 5.06. The lowest BCUT2D eigenvalue weighted by atomic mass is 9.98. The number of aliphatic hydroxyl groups is 1. The third kappa shape index (κ3) is 4.40. The van der Waals surface area contributed by atoms with E-state index in [9.17, 15) is 14.3 Å². The summed E-state index contributed by atoms with van der Waals surface area (Å²) in [5.41, 5.74) is 8.88. The first kappa shape index (κ1) is 20.0. The van der Waals surface area contributed by atoms with Gasteiger partial charge in [0.15, 0.2) is 0 Å². The van der Waals surface area contributed by atoms with Crippen molar-refractivity contribution in [3.05, 3.63) is 60.0 Å². The number of aliphatic hydroxyl groups excluding tert-OH is 1. The van der Waals surface area contributed by atoms with Crippen LogP contribution in [-0.2, 0) is 0 Å². The highest BCUT2D eigenvalue weighted by Gasteiger charge is 2.20. The lowest BCUT2D eigenvalue weighted by molar-refractivity contribution is 0.0945. The van der Waals surface area contributed by atoms with Crippen LogP contribution in [0.3, 0.4) is 0 Å². The van der Waals surface area contributed by atoms with Gasteiger partial charge in [-0.3, -0.25) is 4.79 Å². The van der Waals surface area contributed by atoms with E-state index in [0.717, 1.165) is 28.5 Å². The van der Waals surface area contributed by atoms with E-state index in [1.165, 1.54) is 12.1 Å². The molecule has 0 spiro atoms. The molecule has 2 atom stereocenters. The number of amides is 1. The molecule has 5 nitrogen and oxygen atoms in total. The van der Waals surface area contributed by atoms with Gasteiger partial charge in [0, 0.05) is 35.7 Å². The van der Waals surface area contributed by atoms with Crippen LogP contribution < -0.4 is 11.1 Å². The number of fused-ring (bicyclic) bond motifs is 1. The third-order valence-corrected chi connectivity index (χ3v) is 5.06. The molecule has 0 fully saturated rings. The van der Waals surface area contributed by atoms with Crippen LogP contribution >= 0.6 is 0 Å². The Balaban J connectivity index is 1.85. The van der Waals surface area contributed by atoms with Crippen molar-refractivity contribution in [2.45, 2.75) is 25.8 Å². The van der Waals surface area contributed by atoms with Crippen LogP contribution in [0.15, 0.2) is 48.5 Å². The molecule has 5 N–H and O–H groups in total. The highest BCUT2D eigenvalue weighted by molar-refractivity contribution is 6.09. The van der Waals surface area contributed by atoms with Gasteiger partial charge in [-0.15, -0.1) is 0 Å². The van der Waals surface area contributed by atoms with Crippen molar-refractivity contribution < 1.29 is 14.3 Å². The van der Waals surface area contributed by atoms with Crippen molar-refractivity contribution >= 4 is 16.8 Å². The van der Waals surface area contributed by atoms with E-state index in [1.807, 2.05) is 31.2 Å². The highest BCUT2D eigenvalue weighted by atomic mass is 19.1. The fourth-order valence-corrected chi connectivity index (χ4v) is 3.42. The number of hydrogen-bond acceptors (Lipinski definition) is 3. The van der Waals surface area contributed by atoms with Gasteiger partial charge >= 0.3 is 0 Å². The molecular weight excluding hydrogens is 357 g/mol. The molecule has 0 aliphatic heterocycles. The Morgan fingerprint density at radius 3 is 2.61 bits per heavy atom. The molecule has 0 saturated carbocycles. The van der Waals surface area contributed by atoms with Gasteiger partial charge in [-0.25, -0.2) is 4.39 Å². The second-order valence-corrected chi connectivity index (χ2v) is 7.09. The average Bonchev–Trinajstić information content (AvgIpc) is 3.10. The highest BCUT2D eigenvalue weighted by Crippen LogP contribution is 2.32. The van der Waals surface area contributed by atoms with Crippen LogP contribution in [0.2, 0.25) is 0 Å². The summed E-state index contributed by atoms with van der Waals surface area (Å²) in [4.78, 5) is 16.1. The second kappa shape index (κ2) is 8.99. The van der Waals surface area contributed by atoms with Crippen molar-refractivity contribution in [3.63, 3.8) is 0 Å². The Hall–Kier alpha value is -2.70. The van der Waals surface area contributed by atoms with Gasteiger partial charge in [0.1, 0.15) is 11.5 Å². The van der Waals surface area contributed by atoms with Gasteiger partial charge in [-0.1, -0.05) is 43.7 Å². The molecule has 0 aliphatic rings. The molecule has 1 amide bonds. The molecule has 3 rings (SSSR count). The predicted octanol–water partition coefficient (Wildman–Crippen LogP) is 3.44. The molecule has 0 radical (unpaired) electrons. The van der Waals surface area contributed by atoms with Crippen molar-refractivity contribution in [3.8, 4) is 11.1 Å². The predicted molar refractivity (Wildman–Crippen MR) is 109 cm³/mol. The van der Waals surface area contributed by atoms with E-state index in [2.05, 4.69) is 10.3 Å². The molecule has 1 heterocycles. The van der Waals surface area contributed by atoms with Crippen molar-refractivity contribution in [1.29, 1.82) is 0 Å². The molecular formula is C22H26FN3O2. The minimum atomic E-state index is -0.324. The Kier molecular flexibility index (Phi) is 6.44. The van der Waals surface area contributed by atoms with E-state index in [-0.39, 0.29) is 30.3 Å². The molecule has 0 bridgehead atoms. The fraction of sp³-hybridized carbons (Fsp3) is 0.318. The second-order valence-electron chi connectivity index (χ2n) is 7.09. The number of aromatic amines is 1. The Morgan fingerprint density at radius 1 is 1.21 bits per heavy atom. The lowest BCUT2D eigenvalue weighted by Gasteiger charge is -2.18. The number of benzene rings is 2. The molecule has 3 aromatic rings. The number of para-hydroxylation sites is 1. The summed E-state index contributed by atoms with van der Waals surface area (Å²) in [5, 5.41) is 13.1. The first-order valence-corrected chi connectivity index (χ1v) is 9.54. The van der Waals surface area contributed by atoms with E-state index in [0.29, 0.717) is 18.7 Å². The summed E-state index contributed by atoms with van der Waals surface area (Å²) in [6.07, 6.45) is 1.49. The standard InChI is InChI=1S/C22H26FN3O2/c1-2-14(13-27)11-17(24)12-25-22(28)21-20(15-7-9-16(23)10-8-15)18-5-3-4-6-19(18)26-21/h3-10,14,17,26-27H,2,11-13,24H2,1H3,(H,25,28)/t14?,17-/m1/s1. The summed E-state index contributed by atoms with van der Waals surface area (Å²) in [6.45, 7) is 2.41. The summed E-state index contributed by atoms with van der Waals surface area (Å²) < 4.78 is 13.4. The SMILES string of the molecule is CCC(CO)C[C@@H](N)CNC(=O)c1[nH]c2ccccc2c1-c1ccc(F)cc1. The van der Waals surface area contributed by atoms with Crippen molar-refractivity contribution in [2.75, 3.05) is 13.2 Å². The van der Waals surface area contributed by atoms with E-state index in [1.54, 1.807) is 12.1 Å². The lowest BCUT2D eigenvalue weighted by Crippen LogP contribution is -2.39. The van der Waals surface area contributed by atoms with Gasteiger partial charge in [0.2, 0.25) is 0 Å². The Bertz CT molecular complexity index is 933. The number of rotatable bonds is 8. The molecule has 6 heteroatoms. The van der Waals surface area contributed by atoms with Gasteiger partial charge in [-0.05, 0) is 36.1 Å². The van der Waals surface area contributed by atoms with Crippen molar-refractivity contribution in [2.24, 2.45) is 11.7 Å². The van der Waals surface area contributed by atoms with Gasteiger partial charge in [0.05, 0.1) is 0 Å². The summed E-state index contributed by atoms with van der Waals surface area (Å²) in [5.74, 6) is -0.451. The molecule has 1 aromatic heterocycles.